The predicted molar refractivity (Wildman–Crippen MR) is 112 cm³/mol. The molecule has 29 heavy (non-hydrogen) atoms. The number of hydrogen-bond donors (Lipinski definition) is 4. The summed E-state index contributed by atoms with van der Waals surface area (Å²) in [6, 6.07) is 13.3. The Balaban J connectivity index is 1.69. The summed E-state index contributed by atoms with van der Waals surface area (Å²) in [5.41, 5.74) is 1.75. The fourth-order valence-corrected chi connectivity index (χ4v) is 2.38. The fraction of sp³-hybridized carbons (Fsp3) is 0.286. The van der Waals surface area contributed by atoms with Gasteiger partial charge in [0.1, 0.15) is 5.75 Å². The molecule has 0 bridgehead atoms. The van der Waals surface area contributed by atoms with Gasteiger partial charge < -0.3 is 26.0 Å². The Bertz CT molecular complexity index is 820. The van der Waals surface area contributed by atoms with Crippen molar-refractivity contribution in [3.8, 4) is 5.75 Å². The first kappa shape index (κ1) is 21.7. The summed E-state index contributed by atoms with van der Waals surface area (Å²) >= 11 is 0. The van der Waals surface area contributed by atoms with Gasteiger partial charge in [0.25, 0.3) is 5.91 Å². The zero-order chi connectivity index (χ0) is 21.1. The number of amides is 4. The lowest BCUT2D eigenvalue weighted by Crippen LogP contribution is -2.36. The molecular formula is C21H26N4O4. The average Bonchev–Trinajstić information content (AvgIpc) is 2.73. The predicted octanol–water partition coefficient (Wildman–Crippen LogP) is 2.99. The van der Waals surface area contributed by atoms with E-state index in [1.807, 2.05) is 6.92 Å². The highest BCUT2D eigenvalue weighted by Gasteiger charge is 2.06. The maximum absolute atomic E-state index is 12.1. The van der Waals surface area contributed by atoms with Gasteiger partial charge in [0.15, 0.2) is 0 Å². The van der Waals surface area contributed by atoms with E-state index in [1.54, 1.807) is 55.5 Å². The van der Waals surface area contributed by atoms with Crippen LogP contribution < -0.4 is 26.0 Å². The van der Waals surface area contributed by atoms with Gasteiger partial charge in [-0.25, -0.2) is 4.79 Å². The number of hydrogen-bond acceptors (Lipinski definition) is 4. The van der Waals surface area contributed by atoms with Crippen molar-refractivity contribution < 1.29 is 19.1 Å². The quantitative estimate of drug-likeness (QED) is 0.487. The van der Waals surface area contributed by atoms with Crippen LogP contribution in [0.3, 0.4) is 0 Å². The van der Waals surface area contributed by atoms with Crippen LogP contribution in [-0.2, 0) is 4.79 Å². The van der Waals surface area contributed by atoms with Gasteiger partial charge in [-0.2, -0.15) is 0 Å². The molecule has 8 heteroatoms. The molecule has 0 spiro atoms. The number of urea groups is 1. The van der Waals surface area contributed by atoms with Gasteiger partial charge in [-0.1, -0.05) is 6.92 Å². The van der Waals surface area contributed by atoms with Gasteiger partial charge in [0, 0.05) is 36.4 Å². The summed E-state index contributed by atoms with van der Waals surface area (Å²) in [5, 5.41) is 10.8. The van der Waals surface area contributed by atoms with Crippen molar-refractivity contribution in [1.82, 2.24) is 10.6 Å². The van der Waals surface area contributed by atoms with Crippen molar-refractivity contribution in [2.75, 3.05) is 30.3 Å². The van der Waals surface area contributed by atoms with Crippen LogP contribution in [0.1, 0.15) is 30.6 Å². The van der Waals surface area contributed by atoms with Crippen LogP contribution in [0, 0.1) is 0 Å². The van der Waals surface area contributed by atoms with E-state index in [9.17, 15) is 14.4 Å². The van der Waals surface area contributed by atoms with Crippen molar-refractivity contribution in [2.24, 2.45) is 0 Å². The second-order valence-corrected chi connectivity index (χ2v) is 6.07. The molecule has 2 rings (SSSR count). The average molecular weight is 398 g/mol. The number of carbonyl (C=O) groups is 3. The minimum absolute atomic E-state index is 0.0863. The zero-order valence-electron chi connectivity index (χ0n) is 16.6. The molecule has 0 aromatic heterocycles. The molecule has 0 unspecified atom stereocenters. The zero-order valence-corrected chi connectivity index (χ0v) is 16.6. The number of nitrogens with one attached hydrogen (secondary N) is 4. The number of benzene rings is 2. The maximum atomic E-state index is 12.1. The van der Waals surface area contributed by atoms with Gasteiger partial charge >= 0.3 is 6.03 Å². The SMILES string of the molecule is CCOc1ccc(NC(=O)NCCNC(=O)c2ccc(NC(=O)CC)cc2)cc1. The lowest BCUT2D eigenvalue weighted by atomic mass is 10.2. The highest BCUT2D eigenvalue weighted by molar-refractivity contribution is 5.95. The molecule has 0 aliphatic heterocycles. The second-order valence-electron chi connectivity index (χ2n) is 6.07. The van der Waals surface area contributed by atoms with E-state index >= 15 is 0 Å². The molecule has 154 valence electrons. The van der Waals surface area contributed by atoms with Gasteiger partial charge in [0.2, 0.25) is 5.91 Å². The standard InChI is InChI=1S/C21H26N4O4/c1-3-19(26)24-16-7-5-15(6-8-16)20(27)22-13-14-23-21(28)25-17-9-11-18(12-10-17)29-4-2/h5-12H,3-4,13-14H2,1-2H3,(H,22,27)(H,24,26)(H2,23,25,28). The van der Waals surface area contributed by atoms with Crippen LogP contribution in [0.15, 0.2) is 48.5 Å². The number of anilines is 2. The van der Waals surface area contributed by atoms with Crippen LogP contribution in [0.4, 0.5) is 16.2 Å². The summed E-state index contributed by atoms with van der Waals surface area (Å²) in [5.74, 6) is 0.394. The third kappa shape index (κ3) is 7.53. The minimum Gasteiger partial charge on any atom is -0.494 e. The van der Waals surface area contributed by atoms with Crippen molar-refractivity contribution in [3.05, 3.63) is 54.1 Å². The summed E-state index contributed by atoms with van der Waals surface area (Å²) < 4.78 is 5.35. The Labute approximate surface area is 170 Å². The normalized spacial score (nSPS) is 10.0. The summed E-state index contributed by atoms with van der Waals surface area (Å²) in [6.45, 7) is 4.81. The highest BCUT2D eigenvalue weighted by atomic mass is 16.5. The van der Waals surface area contributed by atoms with Crippen molar-refractivity contribution in [3.63, 3.8) is 0 Å². The molecule has 0 atom stereocenters. The first-order valence-corrected chi connectivity index (χ1v) is 9.47. The Morgan fingerprint density at radius 1 is 0.793 bits per heavy atom. The molecule has 0 aliphatic rings. The van der Waals surface area contributed by atoms with Crippen LogP contribution >= 0.6 is 0 Å². The van der Waals surface area contributed by atoms with E-state index < -0.39 is 0 Å². The number of ether oxygens (including phenoxy) is 1. The largest absolute Gasteiger partial charge is 0.494 e. The molecule has 4 amide bonds. The van der Waals surface area contributed by atoms with Crippen molar-refractivity contribution >= 4 is 29.2 Å². The molecule has 4 N–H and O–H groups in total. The van der Waals surface area contributed by atoms with E-state index in [0.29, 0.717) is 30.0 Å². The summed E-state index contributed by atoms with van der Waals surface area (Å²) in [6.07, 6.45) is 0.390. The fourth-order valence-electron chi connectivity index (χ4n) is 2.38. The molecule has 2 aromatic rings. The molecule has 0 fully saturated rings. The Morgan fingerprint density at radius 3 is 2.00 bits per heavy atom. The molecule has 0 saturated carbocycles. The third-order valence-electron chi connectivity index (χ3n) is 3.87. The first-order valence-electron chi connectivity index (χ1n) is 9.47. The van der Waals surface area contributed by atoms with E-state index in [4.69, 9.17) is 4.74 Å². The smallest absolute Gasteiger partial charge is 0.319 e. The molecule has 0 heterocycles. The number of carbonyl (C=O) groups excluding carboxylic acids is 3. The van der Waals surface area contributed by atoms with Gasteiger partial charge in [0.05, 0.1) is 6.61 Å². The van der Waals surface area contributed by atoms with Crippen LogP contribution in [0.25, 0.3) is 0 Å². The van der Waals surface area contributed by atoms with Gasteiger partial charge in [-0.3, -0.25) is 9.59 Å². The summed E-state index contributed by atoms with van der Waals surface area (Å²) in [7, 11) is 0. The molecule has 2 aromatic carbocycles. The Kier molecular flexibility index (Phi) is 8.50. The highest BCUT2D eigenvalue weighted by Crippen LogP contribution is 2.15. The van der Waals surface area contributed by atoms with Crippen LogP contribution in [-0.4, -0.2) is 37.5 Å². The van der Waals surface area contributed by atoms with E-state index in [-0.39, 0.29) is 30.9 Å². The van der Waals surface area contributed by atoms with E-state index in [1.165, 1.54) is 0 Å². The minimum atomic E-state index is -0.362. The monoisotopic (exact) mass is 398 g/mol. The first-order chi connectivity index (χ1) is 14.0. The second kappa shape index (κ2) is 11.3. The molecule has 0 radical (unpaired) electrons. The van der Waals surface area contributed by atoms with Crippen molar-refractivity contribution in [1.29, 1.82) is 0 Å². The van der Waals surface area contributed by atoms with Crippen molar-refractivity contribution in [2.45, 2.75) is 20.3 Å². The van der Waals surface area contributed by atoms with E-state index in [0.717, 1.165) is 5.75 Å². The maximum Gasteiger partial charge on any atom is 0.319 e. The van der Waals surface area contributed by atoms with Gasteiger partial charge in [-0.05, 0) is 55.5 Å². The van der Waals surface area contributed by atoms with Crippen LogP contribution in [0.5, 0.6) is 5.75 Å². The Hall–Kier alpha value is -3.55. The summed E-state index contributed by atoms with van der Waals surface area (Å²) in [4.78, 5) is 35.4. The molecule has 8 nitrogen and oxygen atoms in total. The topological polar surface area (TPSA) is 109 Å². The lowest BCUT2D eigenvalue weighted by molar-refractivity contribution is -0.115. The Morgan fingerprint density at radius 2 is 1.38 bits per heavy atom. The third-order valence-corrected chi connectivity index (χ3v) is 3.87. The van der Waals surface area contributed by atoms with Gasteiger partial charge in [-0.15, -0.1) is 0 Å². The molecular weight excluding hydrogens is 372 g/mol. The number of rotatable bonds is 9. The van der Waals surface area contributed by atoms with E-state index in [2.05, 4.69) is 21.3 Å². The molecule has 0 saturated heterocycles. The van der Waals surface area contributed by atoms with Crippen LogP contribution in [0.2, 0.25) is 0 Å². The lowest BCUT2D eigenvalue weighted by Gasteiger charge is -2.10. The molecule has 0 aliphatic carbocycles.